The molecule has 2 rings (SSSR count). The van der Waals surface area contributed by atoms with Gasteiger partial charge in [-0.3, -0.25) is 9.79 Å². The van der Waals surface area contributed by atoms with Crippen LogP contribution in [-0.2, 0) is 4.79 Å². The smallest absolute Gasteiger partial charge is 0.222 e. The summed E-state index contributed by atoms with van der Waals surface area (Å²) in [6.45, 7) is 6.45. The summed E-state index contributed by atoms with van der Waals surface area (Å²) in [6.07, 6.45) is 9.52. The van der Waals surface area contributed by atoms with Crippen LogP contribution in [0.25, 0.3) is 0 Å². The Morgan fingerprint density at radius 2 is 1.96 bits per heavy atom. The predicted molar refractivity (Wildman–Crippen MR) is 124 cm³/mol. The van der Waals surface area contributed by atoms with Crippen LogP contribution in [0.4, 0.5) is 0 Å². The Balaban J connectivity index is 0.00000364. The highest BCUT2D eigenvalue weighted by atomic mass is 127. The molecule has 0 radical (unpaired) electrons. The fraction of sp³-hybridized carbons (Fsp3) is 0.900. The largest absolute Gasteiger partial charge is 0.357 e. The number of hydrogen-bond acceptors (Lipinski definition) is 3. The number of likely N-dealkylation sites (N-methyl/N-ethyl adjacent to an activating group) is 1. The lowest BCUT2D eigenvalue weighted by Crippen LogP contribution is -2.42. The normalized spacial score (nSPS) is 19.9. The van der Waals surface area contributed by atoms with Crippen LogP contribution in [0.5, 0.6) is 0 Å². The number of amides is 1. The maximum absolute atomic E-state index is 11.7. The zero-order chi connectivity index (χ0) is 18.8. The molecule has 0 aromatic carbocycles. The van der Waals surface area contributed by atoms with Crippen LogP contribution >= 0.6 is 24.0 Å². The molecular weight excluding hydrogens is 453 g/mol. The second-order valence-corrected chi connectivity index (χ2v) is 7.91. The molecule has 1 heterocycles. The summed E-state index contributed by atoms with van der Waals surface area (Å²) in [7, 11) is 4.37. The van der Waals surface area contributed by atoms with Gasteiger partial charge in [0.25, 0.3) is 0 Å². The van der Waals surface area contributed by atoms with Gasteiger partial charge in [0.2, 0.25) is 5.91 Å². The number of carbonyl (C=O) groups excluding carboxylic acids is 1. The number of nitrogens with zero attached hydrogens (tertiary/aromatic N) is 3. The van der Waals surface area contributed by atoms with Crippen LogP contribution in [0.3, 0.4) is 0 Å². The molecule has 6 nitrogen and oxygen atoms in total. The molecule has 0 bridgehead atoms. The van der Waals surface area contributed by atoms with E-state index >= 15 is 0 Å². The molecule has 2 fully saturated rings. The molecule has 1 atom stereocenters. The number of rotatable bonds is 9. The number of likely N-dealkylation sites (tertiary alicyclic amines) is 1. The third-order valence-corrected chi connectivity index (χ3v) is 5.71. The summed E-state index contributed by atoms with van der Waals surface area (Å²) in [5.74, 6) is 1.99. The minimum absolute atomic E-state index is 0. The standard InChI is InChI=1S/C20H39N5O.HI/c1-4-21-20(22-13-9-15-25-14-8-12-19(25)26)23-16-18(24(2)3)17-10-6-5-7-11-17;/h17-18H,4-16H2,1-3H3,(H2,21,22,23);1H. The molecule has 27 heavy (non-hydrogen) atoms. The van der Waals surface area contributed by atoms with Gasteiger partial charge in [-0.25, -0.2) is 0 Å². The highest BCUT2D eigenvalue weighted by molar-refractivity contribution is 14.0. The third-order valence-electron chi connectivity index (χ3n) is 5.71. The lowest BCUT2D eigenvalue weighted by molar-refractivity contribution is -0.127. The molecule has 2 aliphatic rings. The minimum atomic E-state index is 0. The van der Waals surface area contributed by atoms with Crippen molar-refractivity contribution in [1.82, 2.24) is 20.4 Å². The van der Waals surface area contributed by atoms with Crippen molar-refractivity contribution in [3.05, 3.63) is 0 Å². The average Bonchev–Trinajstić information content (AvgIpc) is 3.04. The zero-order valence-corrected chi connectivity index (χ0v) is 19.8. The van der Waals surface area contributed by atoms with Crippen molar-refractivity contribution >= 4 is 35.8 Å². The molecule has 1 aliphatic heterocycles. The Hall–Kier alpha value is -0.570. The summed E-state index contributed by atoms with van der Waals surface area (Å²) in [4.78, 5) is 20.9. The fourth-order valence-corrected chi connectivity index (χ4v) is 4.20. The molecule has 1 amide bonds. The van der Waals surface area contributed by atoms with E-state index in [9.17, 15) is 4.79 Å². The number of guanidine groups is 1. The zero-order valence-electron chi connectivity index (χ0n) is 17.5. The quantitative estimate of drug-likeness (QED) is 0.225. The topological polar surface area (TPSA) is 60.0 Å². The Morgan fingerprint density at radius 1 is 1.22 bits per heavy atom. The van der Waals surface area contributed by atoms with Crippen molar-refractivity contribution in [3.63, 3.8) is 0 Å². The Bertz CT molecular complexity index is 452. The first kappa shape index (κ1) is 24.5. The van der Waals surface area contributed by atoms with Gasteiger partial charge >= 0.3 is 0 Å². The second-order valence-electron chi connectivity index (χ2n) is 7.91. The third kappa shape index (κ3) is 8.54. The van der Waals surface area contributed by atoms with Crippen molar-refractivity contribution in [2.45, 2.75) is 64.3 Å². The van der Waals surface area contributed by atoms with Crippen LogP contribution in [0.15, 0.2) is 4.99 Å². The van der Waals surface area contributed by atoms with Gasteiger partial charge < -0.3 is 20.4 Å². The van der Waals surface area contributed by atoms with Crippen molar-refractivity contribution in [2.75, 3.05) is 46.8 Å². The molecule has 7 heteroatoms. The Labute approximate surface area is 182 Å². The van der Waals surface area contributed by atoms with Crippen molar-refractivity contribution in [3.8, 4) is 0 Å². The van der Waals surface area contributed by atoms with Gasteiger partial charge in [0, 0.05) is 38.6 Å². The van der Waals surface area contributed by atoms with E-state index in [2.05, 4.69) is 36.6 Å². The highest BCUT2D eigenvalue weighted by Crippen LogP contribution is 2.28. The molecule has 1 aliphatic carbocycles. The molecule has 1 saturated heterocycles. The van der Waals surface area contributed by atoms with E-state index in [0.717, 1.165) is 63.9 Å². The summed E-state index contributed by atoms with van der Waals surface area (Å²) in [5.41, 5.74) is 0. The van der Waals surface area contributed by atoms with E-state index in [1.165, 1.54) is 32.1 Å². The average molecular weight is 493 g/mol. The number of halogens is 1. The molecule has 1 saturated carbocycles. The van der Waals surface area contributed by atoms with Crippen molar-refractivity contribution in [1.29, 1.82) is 0 Å². The monoisotopic (exact) mass is 493 g/mol. The van der Waals surface area contributed by atoms with Gasteiger partial charge in [0.15, 0.2) is 5.96 Å². The van der Waals surface area contributed by atoms with Gasteiger partial charge in [0.1, 0.15) is 0 Å². The first-order valence-electron chi connectivity index (χ1n) is 10.6. The van der Waals surface area contributed by atoms with Crippen LogP contribution in [0, 0.1) is 5.92 Å². The minimum Gasteiger partial charge on any atom is -0.357 e. The molecular formula is C20H40IN5O. The van der Waals surface area contributed by atoms with E-state index in [4.69, 9.17) is 4.99 Å². The summed E-state index contributed by atoms with van der Waals surface area (Å²) in [6, 6.07) is 0.521. The van der Waals surface area contributed by atoms with Gasteiger partial charge in [-0.2, -0.15) is 0 Å². The van der Waals surface area contributed by atoms with Gasteiger partial charge in [0.05, 0.1) is 6.54 Å². The maximum atomic E-state index is 11.7. The van der Waals surface area contributed by atoms with E-state index in [0.29, 0.717) is 11.9 Å². The summed E-state index contributed by atoms with van der Waals surface area (Å²) >= 11 is 0. The molecule has 2 N–H and O–H groups in total. The van der Waals surface area contributed by atoms with Gasteiger partial charge in [-0.1, -0.05) is 19.3 Å². The first-order valence-corrected chi connectivity index (χ1v) is 10.6. The van der Waals surface area contributed by atoms with E-state index < -0.39 is 0 Å². The number of hydrogen-bond donors (Lipinski definition) is 2. The van der Waals surface area contributed by atoms with E-state index in [-0.39, 0.29) is 24.0 Å². The van der Waals surface area contributed by atoms with Crippen molar-refractivity contribution < 1.29 is 4.79 Å². The first-order chi connectivity index (χ1) is 12.6. The SMILES string of the molecule is CCNC(=NCC(C1CCCCC1)N(C)C)NCCCN1CCCC1=O.I. The van der Waals surface area contributed by atoms with Crippen LogP contribution in [0.1, 0.15) is 58.3 Å². The molecule has 1 unspecified atom stereocenters. The number of carbonyl (C=O) groups is 1. The number of aliphatic imine (C=N–C) groups is 1. The summed E-state index contributed by atoms with van der Waals surface area (Å²) < 4.78 is 0. The highest BCUT2D eigenvalue weighted by Gasteiger charge is 2.25. The van der Waals surface area contributed by atoms with Crippen LogP contribution < -0.4 is 10.6 Å². The Morgan fingerprint density at radius 3 is 2.56 bits per heavy atom. The number of nitrogens with one attached hydrogen (secondary N) is 2. The molecule has 158 valence electrons. The fourth-order valence-electron chi connectivity index (χ4n) is 4.20. The second kappa shape index (κ2) is 13.6. The Kier molecular flexibility index (Phi) is 12.3. The predicted octanol–water partition coefficient (Wildman–Crippen LogP) is 2.68. The van der Waals surface area contributed by atoms with Crippen molar-refractivity contribution in [2.24, 2.45) is 10.9 Å². The van der Waals surface area contributed by atoms with E-state index in [1.807, 2.05) is 4.90 Å². The van der Waals surface area contributed by atoms with E-state index in [1.54, 1.807) is 0 Å². The lowest BCUT2D eigenvalue weighted by atomic mass is 9.83. The van der Waals surface area contributed by atoms with Crippen LogP contribution in [0.2, 0.25) is 0 Å². The molecule has 0 aromatic rings. The lowest BCUT2D eigenvalue weighted by Gasteiger charge is -2.34. The van der Waals surface area contributed by atoms with Gasteiger partial charge in [-0.15, -0.1) is 24.0 Å². The van der Waals surface area contributed by atoms with Crippen LogP contribution in [-0.4, -0.2) is 74.5 Å². The maximum Gasteiger partial charge on any atom is 0.222 e. The summed E-state index contributed by atoms with van der Waals surface area (Å²) in [5, 5.41) is 6.80. The molecule has 0 spiro atoms. The van der Waals surface area contributed by atoms with Gasteiger partial charge in [-0.05, 0) is 52.6 Å². The molecule has 0 aromatic heterocycles.